The molecule has 1 aliphatic carbocycles. The number of halogens is 1. The van der Waals surface area contributed by atoms with E-state index < -0.39 is 0 Å². The number of nitrogens with zero attached hydrogens (tertiary/aromatic N) is 2. The molecule has 0 aromatic carbocycles. The van der Waals surface area contributed by atoms with Gasteiger partial charge in [-0.3, -0.25) is 0 Å². The van der Waals surface area contributed by atoms with Gasteiger partial charge in [0.05, 0.1) is 13.2 Å². The molecule has 70 valence electrons. The lowest BCUT2D eigenvalue weighted by atomic mass is 10.3. The summed E-state index contributed by atoms with van der Waals surface area (Å²) in [5.41, 5.74) is 0. The molecule has 1 saturated carbocycles. The van der Waals surface area contributed by atoms with Crippen LogP contribution in [0.4, 0.5) is 0 Å². The third-order valence-electron chi connectivity index (χ3n) is 2.83. The Morgan fingerprint density at radius 3 is 2.69 bits per heavy atom. The van der Waals surface area contributed by atoms with Crippen molar-refractivity contribution in [1.82, 2.24) is 10.2 Å². The molecule has 2 atom stereocenters. The number of hydrogen-bond donors (Lipinski definition) is 0. The molecule has 2 unspecified atom stereocenters. The third kappa shape index (κ3) is 1.09. The van der Waals surface area contributed by atoms with Crippen molar-refractivity contribution >= 4 is 11.6 Å². The predicted octanol–water partition coefficient (Wildman–Crippen LogP) is 1.17. The monoisotopic (exact) mass is 200 g/mol. The maximum absolute atomic E-state index is 5.57. The Morgan fingerprint density at radius 1 is 1.31 bits per heavy atom. The summed E-state index contributed by atoms with van der Waals surface area (Å²) < 4.78 is 10.7. The smallest absolute Gasteiger partial charge is 0.231 e. The van der Waals surface area contributed by atoms with Gasteiger partial charge in [0, 0.05) is 5.92 Å². The highest BCUT2D eigenvalue weighted by atomic mass is 35.5. The lowest BCUT2D eigenvalue weighted by Crippen LogP contribution is -1.97. The van der Waals surface area contributed by atoms with Crippen molar-refractivity contribution in [2.24, 2.45) is 11.8 Å². The molecule has 13 heavy (non-hydrogen) atoms. The van der Waals surface area contributed by atoms with Crippen LogP contribution in [-0.2, 0) is 10.6 Å². The second kappa shape index (κ2) is 2.69. The average Bonchev–Trinajstić information content (AvgIpc) is 2.65. The molecule has 0 spiro atoms. The average molecular weight is 201 g/mol. The first-order valence-corrected chi connectivity index (χ1v) is 4.89. The van der Waals surface area contributed by atoms with Gasteiger partial charge in [-0.15, -0.1) is 21.8 Å². The zero-order valence-electron chi connectivity index (χ0n) is 6.94. The van der Waals surface area contributed by atoms with Crippen LogP contribution in [0.5, 0.6) is 0 Å². The van der Waals surface area contributed by atoms with Gasteiger partial charge >= 0.3 is 0 Å². The summed E-state index contributed by atoms with van der Waals surface area (Å²) in [5.74, 6) is 3.23. The Kier molecular flexibility index (Phi) is 1.60. The number of ether oxygens (including phenoxy) is 1. The molecule has 5 heteroatoms. The van der Waals surface area contributed by atoms with Gasteiger partial charge in [-0.05, 0) is 11.8 Å². The molecule has 0 radical (unpaired) electrons. The normalized spacial score (nSPS) is 36.2. The quantitative estimate of drug-likeness (QED) is 0.673. The van der Waals surface area contributed by atoms with Gasteiger partial charge in [-0.1, -0.05) is 0 Å². The first-order chi connectivity index (χ1) is 6.40. The lowest BCUT2D eigenvalue weighted by molar-refractivity contribution is 0.156. The molecule has 2 aliphatic rings. The van der Waals surface area contributed by atoms with Gasteiger partial charge in [0.25, 0.3) is 0 Å². The minimum atomic E-state index is 0.297. The Labute approximate surface area is 80.2 Å². The number of hydrogen-bond acceptors (Lipinski definition) is 4. The Hall–Kier alpha value is -0.610. The summed E-state index contributed by atoms with van der Waals surface area (Å²) in [6, 6.07) is 0. The molecule has 4 nitrogen and oxygen atoms in total. The van der Waals surface area contributed by atoms with E-state index >= 15 is 0 Å². The van der Waals surface area contributed by atoms with Gasteiger partial charge in [0.15, 0.2) is 0 Å². The van der Waals surface area contributed by atoms with E-state index in [1.54, 1.807) is 0 Å². The summed E-state index contributed by atoms with van der Waals surface area (Å²) >= 11 is 5.57. The fourth-order valence-corrected chi connectivity index (χ4v) is 2.17. The number of fused-ring (bicyclic) bond motifs is 1. The highest BCUT2D eigenvalue weighted by Crippen LogP contribution is 2.56. The van der Waals surface area contributed by atoms with E-state index in [0.29, 0.717) is 29.5 Å². The highest BCUT2D eigenvalue weighted by molar-refractivity contribution is 6.16. The summed E-state index contributed by atoms with van der Waals surface area (Å²) in [5, 5.41) is 7.81. The standard InChI is InChI=1S/C8H9ClN2O2/c9-1-6-10-11-8(13-6)7-4-2-12-3-5(4)7/h4-5,7H,1-3H2. The van der Waals surface area contributed by atoms with Crippen LogP contribution in [-0.4, -0.2) is 23.4 Å². The molecule has 1 aromatic heterocycles. The van der Waals surface area contributed by atoms with E-state index in [-0.39, 0.29) is 0 Å². The molecule has 3 rings (SSSR count). The first kappa shape index (κ1) is 7.76. The van der Waals surface area contributed by atoms with Gasteiger partial charge in [0.1, 0.15) is 5.88 Å². The second-order valence-corrected chi connectivity index (χ2v) is 3.83. The molecule has 0 amide bonds. The van der Waals surface area contributed by atoms with Crippen molar-refractivity contribution in [3.8, 4) is 0 Å². The molecule has 0 bridgehead atoms. The molecule has 1 aliphatic heterocycles. The molecule has 1 aromatic rings. The first-order valence-electron chi connectivity index (χ1n) is 4.36. The van der Waals surface area contributed by atoms with E-state index in [9.17, 15) is 0 Å². The maximum Gasteiger partial charge on any atom is 0.231 e. The van der Waals surface area contributed by atoms with Crippen LogP contribution in [0.1, 0.15) is 17.7 Å². The zero-order chi connectivity index (χ0) is 8.84. The van der Waals surface area contributed by atoms with Crippen molar-refractivity contribution in [2.75, 3.05) is 13.2 Å². The van der Waals surface area contributed by atoms with Crippen LogP contribution in [0.15, 0.2) is 4.42 Å². The minimum Gasteiger partial charge on any atom is -0.424 e. The number of aromatic nitrogens is 2. The van der Waals surface area contributed by atoms with Crippen LogP contribution in [0.2, 0.25) is 0 Å². The lowest BCUT2D eigenvalue weighted by Gasteiger charge is -1.97. The van der Waals surface area contributed by atoms with Crippen molar-refractivity contribution in [3.63, 3.8) is 0 Å². The summed E-state index contributed by atoms with van der Waals surface area (Å²) in [7, 11) is 0. The van der Waals surface area contributed by atoms with E-state index in [1.807, 2.05) is 0 Å². The fourth-order valence-electron chi connectivity index (χ4n) is 2.06. The van der Waals surface area contributed by atoms with Crippen LogP contribution < -0.4 is 0 Å². The Morgan fingerprint density at radius 2 is 2.08 bits per heavy atom. The predicted molar refractivity (Wildman–Crippen MR) is 44.4 cm³/mol. The summed E-state index contributed by atoms with van der Waals surface area (Å²) in [4.78, 5) is 0. The van der Waals surface area contributed by atoms with Gasteiger partial charge in [-0.2, -0.15) is 0 Å². The molecule has 0 N–H and O–H groups in total. The third-order valence-corrected chi connectivity index (χ3v) is 3.06. The second-order valence-electron chi connectivity index (χ2n) is 3.56. The molecular formula is C8H9ClN2O2. The highest BCUT2D eigenvalue weighted by Gasteiger charge is 2.57. The molecular weight excluding hydrogens is 192 g/mol. The van der Waals surface area contributed by atoms with Crippen LogP contribution >= 0.6 is 11.6 Å². The van der Waals surface area contributed by atoms with Crippen LogP contribution in [0.3, 0.4) is 0 Å². The zero-order valence-corrected chi connectivity index (χ0v) is 7.70. The molecule has 1 saturated heterocycles. The van der Waals surface area contributed by atoms with Crippen LogP contribution in [0.25, 0.3) is 0 Å². The van der Waals surface area contributed by atoms with E-state index in [4.69, 9.17) is 20.8 Å². The van der Waals surface area contributed by atoms with Gasteiger partial charge in [-0.25, -0.2) is 0 Å². The van der Waals surface area contributed by atoms with Gasteiger partial charge < -0.3 is 9.15 Å². The van der Waals surface area contributed by atoms with Crippen molar-refractivity contribution in [2.45, 2.75) is 11.8 Å². The minimum absolute atomic E-state index is 0.297. The van der Waals surface area contributed by atoms with Crippen LogP contribution in [0, 0.1) is 11.8 Å². The molecule has 2 fully saturated rings. The maximum atomic E-state index is 5.57. The van der Waals surface area contributed by atoms with Crippen molar-refractivity contribution in [1.29, 1.82) is 0 Å². The van der Waals surface area contributed by atoms with E-state index in [0.717, 1.165) is 19.1 Å². The number of rotatable bonds is 2. The molecule has 2 heterocycles. The fraction of sp³-hybridized carbons (Fsp3) is 0.750. The van der Waals surface area contributed by atoms with Crippen molar-refractivity contribution in [3.05, 3.63) is 11.8 Å². The van der Waals surface area contributed by atoms with E-state index in [1.165, 1.54) is 0 Å². The Bertz CT molecular complexity index is 318. The number of alkyl halides is 1. The summed E-state index contributed by atoms with van der Waals surface area (Å²) in [6.45, 7) is 1.68. The SMILES string of the molecule is ClCc1nnc(C2C3COCC32)o1. The van der Waals surface area contributed by atoms with Crippen molar-refractivity contribution < 1.29 is 9.15 Å². The van der Waals surface area contributed by atoms with E-state index in [2.05, 4.69) is 10.2 Å². The Balaban J connectivity index is 1.79. The summed E-state index contributed by atoms with van der Waals surface area (Å²) in [6.07, 6.45) is 0. The topological polar surface area (TPSA) is 48.2 Å². The largest absolute Gasteiger partial charge is 0.424 e. The van der Waals surface area contributed by atoms with Gasteiger partial charge in [0.2, 0.25) is 11.8 Å².